The molecule has 0 bridgehead atoms. The van der Waals surface area contributed by atoms with Gasteiger partial charge in [-0.15, -0.1) is 0 Å². The number of rotatable bonds is 6. The first kappa shape index (κ1) is 23.2. The molecule has 1 fully saturated rings. The number of halogens is 2. The lowest BCUT2D eigenvalue weighted by Crippen LogP contribution is -2.43. The van der Waals surface area contributed by atoms with Gasteiger partial charge in [0.15, 0.2) is 0 Å². The fourth-order valence-corrected chi connectivity index (χ4v) is 4.95. The molecule has 0 unspecified atom stereocenters. The van der Waals surface area contributed by atoms with Crippen LogP contribution in [-0.4, -0.2) is 35.2 Å². The molecule has 0 aromatic heterocycles. The number of amides is 2. The third kappa shape index (κ3) is 4.33. The van der Waals surface area contributed by atoms with Gasteiger partial charge in [0.05, 0.1) is 15.7 Å². The van der Waals surface area contributed by atoms with E-state index < -0.39 is 23.5 Å². The fourth-order valence-electron chi connectivity index (χ4n) is 4.37. The van der Waals surface area contributed by atoms with Crippen molar-refractivity contribution in [3.05, 3.63) is 87.4 Å². The molecule has 3 aromatic carbocycles. The molecule has 1 saturated carbocycles. The first-order valence-electron chi connectivity index (χ1n) is 11.0. The number of anilines is 1. The van der Waals surface area contributed by atoms with Crippen LogP contribution in [0.5, 0.6) is 0 Å². The van der Waals surface area contributed by atoms with Crippen LogP contribution in [0.25, 0.3) is 11.1 Å². The zero-order chi connectivity index (χ0) is 24.7. The summed E-state index contributed by atoms with van der Waals surface area (Å²) in [6.07, 6.45) is -0.0239. The predicted molar refractivity (Wildman–Crippen MR) is 132 cm³/mol. The van der Waals surface area contributed by atoms with Gasteiger partial charge in [0.2, 0.25) is 0 Å². The van der Waals surface area contributed by atoms with Crippen molar-refractivity contribution in [3.63, 3.8) is 0 Å². The Hall–Kier alpha value is -3.55. The molecular formula is C26H20Cl2N2O5. The topological polar surface area (TPSA) is 105 Å². The average molecular weight is 511 g/mol. The molecule has 0 spiro atoms. The minimum Gasteiger partial charge on any atom is -0.480 e. The lowest BCUT2D eigenvalue weighted by atomic mass is 9.98. The number of benzene rings is 3. The molecule has 178 valence electrons. The van der Waals surface area contributed by atoms with Gasteiger partial charge in [-0.3, -0.25) is 10.1 Å². The van der Waals surface area contributed by atoms with Crippen LogP contribution in [0.2, 0.25) is 10.0 Å². The summed E-state index contributed by atoms with van der Waals surface area (Å²) in [5, 5.41) is 14.4. The lowest BCUT2D eigenvalue weighted by molar-refractivity contribution is -0.140. The van der Waals surface area contributed by atoms with Crippen LogP contribution in [-0.2, 0) is 9.53 Å². The first-order valence-corrected chi connectivity index (χ1v) is 11.7. The van der Waals surface area contributed by atoms with E-state index in [1.165, 1.54) is 12.1 Å². The van der Waals surface area contributed by atoms with E-state index in [2.05, 4.69) is 10.6 Å². The quantitative estimate of drug-likeness (QED) is 0.394. The Morgan fingerprint density at radius 2 is 1.49 bits per heavy atom. The Labute approximate surface area is 211 Å². The lowest BCUT2D eigenvalue weighted by Gasteiger charge is -2.16. The molecule has 3 aromatic rings. The van der Waals surface area contributed by atoms with E-state index in [9.17, 15) is 19.5 Å². The minimum atomic E-state index is -1.24. The van der Waals surface area contributed by atoms with Gasteiger partial charge >= 0.3 is 12.1 Å². The van der Waals surface area contributed by atoms with Gasteiger partial charge in [-0.25, -0.2) is 9.59 Å². The number of hydrogen-bond donors (Lipinski definition) is 3. The van der Waals surface area contributed by atoms with Gasteiger partial charge in [-0.05, 0) is 47.2 Å². The molecule has 5 rings (SSSR count). The maximum atomic E-state index is 12.6. The van der Waals surface area contributed by atoms with Crippen LogP contribution in [0.3, 0.4) is 0 Å². The van der Waals surface area contributed by atoms with Gasteiger partial charge in [-0.2, -0.15) is 0 Å². The van der Waals surface area contributed by atoms with Gasteiger partial charge in [0, 0.05) is 11.5 Å². The van der Waals surface area contributed by atoms with Crippen molar-refractivity contribution in [1.82, 2.24) is 5.32 Å². The van der Waals surface area contributed by atoms with Crippen molar-refractivity contribution < 1.29 is 24.2 Å². The van der Waals surface area contributed by atoms with Gasteiger partial charge < -0.3 is 15.2 Å². The van der Waals surface area contributed by atoms with Crippen LogP contribution in [0.15, 0.2) is 60.7 Å². The summed E-state index contributed by atoms with van der Waals surface area (Å²) in [6.45, 7) is 0.118. The number of fused-ring (bicyclic) bond motifs is 3. The maximum absolute atomic E-state index is 12.6. The highest BCUT2D eigenvalue weighted by Crippen LogP contribution is 2.44. The number of nitrogens with one attached hydrogen (secondary N) is 2. The zero-order valence-electron chi connectivity index (χ0n) is 18.3. The standard InChI is InChI=1S/C26H20Cl2N2O5/c27-20-11-14(23(31)30-26(9-10-26)24(32)33)12-21(28)22(20)29-25(34)35-13-19-17-7-3-1-5-15(17)16-6-2-4-8-18(16)19/h1-8,11-12,19H,9-10,13H2,(H,29,34)(H,30,31)(H,32,33). The molecule has 35 heavy (non-hydrogen) atoms. The van der Waals surface area contributed by atoms with E-state index >= 15 is 0 Å². The molecular weight excluding hydrogens is 491 g/mol. The van der Waals surface area contributed by atoms with Gasteiger partial charge in [0.25, 0.3) is 5.91 Å². The summed E-state index contributed by atoms with van der Waals surface area (Å²) in [4.78, 5) is 36.4. The Balaban J connectivity index is 1.27. The van der Waals surface area contributed by atoms with Crippen LogP contribution < -0.4 is 10.6 Å². The van der Waals surface area contributed by atoms with E-state index in [-0.39, 0.29) is 33.8 Å². The summed E-state index contributed by atoms with van der Waals surface area (Å²) in [5.41, 5.74) is 3.35. The van der Waals surface area contributed by atoms with Crippen LogP contribution in [0.1, 0.15) is 40.2 Å². The number of aliphatic carboxylic acids is 1. The molecule has 2 amide bonds. The number of carboxylic acids is 1. The molecule has 0 radical (unpaired) electrons. The van der Waals surface area contributed by atoms with Crippen molar-refractivity contribution in [2.45, 2.75) is 24.3 Å². The normalized spacial score (nSPS) is 15.0. The Kier molecular flexibility index (Phi) is 5.91. The van der Waals surface area contributed by atoms with Crippen molar-refractivity contribution in [2.24, 2.45) is 0 Å². The summed E-state index contributed by atoms with van der Waals surface area (Å²) in [6, 6.07) is 18.6. The second-order valence-electron chi connectivity index (χ2n) is 8.61. The van der Waals surface area contributed by atoms with Crippen molar-refractivity contribution in [1.29, 1.82) is 0 Å². The highest BCUT2D eigenvalue weighted by Gasteiger charge is 2.51. The van der Waals surface area contributed by atoms with Crippen molar-refractivity contribution in [3.8, 4) is 11.1 Å². The largest absolute Gasteiger partial charge is 0.480 e. The summed E-state index contributed by atoms with van der Waals surface area (Å²) < 4.78 is 5.52. The number of carbonyl (C=O) groups is 3. The van der Waals surface area contributed by atoms with Gasteiger partial charge in [0.1, 0.15) is 12.1 Å². The van der Waals surface area contributed by atoms with Crippen molar-refractivity contribution >= 4 is 46.9 Å². The Bertz CT molecular complexity index is 1300. The van der Waals surface area contributed by atoms with Crippen LogP contribution in [0.4, 0.5) is 10.5 Å². The van der Waals surface area contributed by atoms with Crippen LogP contribution >= 0.6 is 23.2 Å². The van der Waals surface area contributed by atoms with Crippen LogP contribution in [0, 0.1) is 0 Å². The Morgan fingerprint density at radius 1 is 0.943 bits per heavy atom. The molecule has 7 nitrogen and oxygen atoms in total. The monoisotopic (exact) mass is 510 g/mol. The third-order valence-electron chi connectivity index (χ3n) is 6.39. The van der Waals surface area contributed by atoms with E-state index in [1.807, 2.05) is 48.5 Å². The molecule has 0 heterocycles. The molecule has 0 atom stereocenters. The minimum absolute atomic E-state index is 0.0244. The fraction of sp³-hybridized carbons (Fsp3) is 0.192. The number of carbonyl (C=O) groups excluding carboxylic acids is 2. The van der Waals surface area contributed by atoms with E-state index in [1.54, 1.807) is 0 Å². The molecule has 3 N–H and O–H groups in total. The number of hydrogen-bond acceptors (Lipinski definition) is 4. The first-order chi connectivity index (χ1) is 16.8. The molecule has 2 aliphatic rings. The highest BCUT2D eigenvalue weighted by molar-refractivity contribution is 6.40. The summed E-state index contributed by atoms with van der Waals surface area (Å²) >= 11 is 12.6. The van der Waals surface area contributed by atoms with E-state index in [0.717, 1.165) is 22.3 Å². The number of carboxylic acid groups (broad SMARTS) is 1. The Morgan fingerprint density at radius 3 is 2.00 bits per heavy atom. The van der Waals surface area contributed by atoms with E-state index in [4.69, 9.17) is 27.9 Å². The van der Waals surface area contributed by atoms with Gasteiger partial charge in [-0.1, -0.05) is 71.7 Å². The van der Waals surface area contributed by atoms with E-state index in [0.29, 0.717) is 12.8 Å². The maximum Gasteiger partial charge on any atom is 0.411 e. The third-order valence-corrected chi connectivity index (χ3v) is 6.98. The SMILES string of the molecule is O=C(Nc1c(Cl)cc(C(=O)NC2(C(=O)O)CC2)cc1Cl)OCC1c2ccccc2-c2ccccc21. The highest BCUT2D eigenvalue weighted by atomic mass is 35.5. The second kappa shape index (κ2) is 8.91. The zero-order valence-corrected chi connectivity index (χ0v) is 19.8. The smallest absolute Gasteiger partial charge is 0.411 e. The average Bonchev–Trinajstić information content (AvgIpc) is 3.56. The number of ether oxygens (including phenoxy) is 1. The molecule has 9 heteroatoms. The second-order valence-corrected chi connectivity index (χ2v) is 9.42. The molecule has 2 aliphatic carbocycles. The summed E-state index contributed by atoms with van der Waals surface area (Å²) in [7, 11) is 0. The predicted octanol–water partition coefficient (Wildman–Crippen LogP) is 5.70. The molecule has 0 aliphatic heterocycles. The van der Waals surface area contributed by atoms with Crippen molar-refractivity contribution in [2.75, 3.05) is 11.9 Å². The summed E-state index contributed by atoms with van der Waals surface area (Å²) in [5.74, 6) is -1.80. The molecule has 0 saturated heterocycles.